The van der Waals surface area contributed by atoms with E-state index in [1.807, 2.05) is 6.07 Å². The van der Waals surface area contributed by atoms with Gasteiger partial charge in [0.1, 0.15) is 0 Å². The Morgan fingerprint density at radius 3 is 2.81 bits per heavy atom. The average Bonchev–Trinajstić information content (AvgIpc) is 2.88. The Kier molecular flexibility index (Phi) is 4.81. The molecule has 0 spiro atoms. The van der Waals surface area contributed by atoms with Gasteiger partial charge in [-0.05, 0) is 75.0 Å². The summed E-state index contributed by atoms with van der Waals surface area (Å²) >= 11 is 0. The van der Waals surface area contributed by atoms with Crippen LogP contribution >= 0.6 is 0 Å². The SMILES string of the molecule is CCCCN1CCC(NC2CCc3cc(N)ccc32)CC1. The van der Waals surface area contributed by atoms with Gasteiger partial charge < -0.3 is 16.0 Å². The first-order valence-electron chi connectivity index (χ1n) is 8.63. The molecule has 3 heteroatoms. The number of nitrogens with zero attached hydrogens (tertiary/aromatic N) is 1. The molecule has 0 bridgehead atoms. The monoisotopic (exact) mass is 287 g/mol. The van der Waals surface area contributed by atoms with Gasteiger partial charge in [0.25, 0.3) is 0 Å². The van der Waals surface area contributed by atoms with Gasteiger partial charge in [0.15, 0.2) is 0 Å². The predicted molar refractivity (Wildman–Crippen MR) is 89.4 cm³/mol. The lowest BCUT2D eigenvalue weighted by molar-refractivity contribution is 0.188. The number of benzene rings is 1. The van der Waals surface area contributed by atoms with E-state index >= 15 is 0 Å². The fourth-order valence-corrected chi connectivity index (χ4v) is 3.80. The number of unbranched alkanes of at least 4 members (excludes halogenated alkanes) is 1. The first-order chi connectivity index (χ1) is 10.3. The van der Waals surface area contributed by atoms with Crippen molar-refractivity contribution in [2.24, 2.45) is 0 Å². The van der Waals surface area contributed by atoms with Gasteiger partial charge in [-0.3, -0.25) is 0 Å². The Labute approximate surface area is 128 Å². The zero-order chi connectivity index (χ0) is 14.7. The maximum Gasteiger partial charge on any atom is 0.0328 e. The molecular formula is C18H29N3. The van der Waals surface area contributed by atoms with Gasteiger partial charge in [-0.25, -0.2) is 0 Å². The quantitative estimate of drug-likeness (QED) is 0.818. The van der Waals surface area contributed by atoms with E-state index in [9.17, 15) is 0 Å². The summed E-state index contributed by atoms with van der Waals surface area (Å²) in [5.74, 6) is 0. The third-order valence-corrected chi connectivity index (χ3v) is 5.10. The topological polar surface area (TPSA) is 41.3 Å². The first-order valence-corrected chi connectivity index (χ1v) is 8.63. The number of anilines is 1. The summed E-state index contributed by atoms with van der Waals surface area (Å²) in [5, 5.41) is 3.90. The van der Waals surface area contributed by atoms with Crippen LogP contribution in [0.3, 0.4) is 0 Å². The molecule has 3 rings (SSSR count). The average molecular weight is 287 g/mol. The van der Waals surface area contributed by atoms with Gasteiger partial charge in [-0.2, -0.15) is 0 Å². The van der Waals surface area contributed by atoms with Crippen molar-refractivity contribution in [3.8, 4) is 0 Å². The van der Waals surface area contributed by atoms with Crippen LogP contribution in [-0.2, 0) is 6.42 Å². The molecule has 0 aromatic heterocycles. The lowest BCUT2D eigenvalue weighted by atomic mass is 10.0. The summed E-state index contributed by atoms with van der Waals surface area (Å²) in [6.07, 6.45) is 7.65. The number of piperidine rings is 1. The Bertz CT molecular complexity index is 464. The van der Waals surface area contributed by atoms with E-state index in [4.69, 9.17) is 5.73 Å². The molecule has 1 aliphatic heterocycles. The van der Waals surface area contributed by atoms with Crippen LogP contribution in [0, 0.1) is 0 Å². The number of likely N-dealkylation sites (tertiary alicyclic amines) is 1. The van der Waals surface area contributed by atoms with E-state index in [0.717, 1.165) is 5.69 Å². The maximum atomic E-state index is 5.89. The molecule has 0 saturated carbocycles. The number of nitrogen functional groups attached to an aromatic ring is 1. The van der Waals surface area contributed by atoms with E-state index < -0.39 is 0 Å². The molecule has 1 atom stereocenters. The summed E-state index contributed by atoms with van der Waals surface area (Å²) in [4.78, 5) is 2.63. The van der Waals surface area contributed by atoms with E-state index in [-0.39, 0.29) is 0 Å². The van der Waals surface area contributed by atoms with Crippen molar-refractivity contribution >= 4 is 5.69 Å². The second kappa shape index (κ2) is 6.80. The molecule has 21 heavy (non-hydrogen) atoms. The minimum absolute atomic E-state index is 0.549. The largest absolute Gasteiger partial charge is 0.399 e. The van der Waals surface area contributed by atoms with Crippen LogP contribution in [0.4, 0.5) is 5.69 Å². The zero-order valence-electron chi connectivity index (χ0n) is 13.3. The van der Waals surface area contributed by atoms with Gasteiger partial charge in [0.2, 0.25) is 0 Å². The highest BCUT2D eigenvalue weighted by Crippen LogP contribution is 2.33. The predicted octanol–water partition coefficient (Wildman–Crippen LogP) is 3.11. The molecule has 1 fully saturated rings. The number of hydrogen-bond acceptors (Lipinski definition) is 3. The van der Waals surface area contributed by atoms with Crippen molar-refractivity contribution in [1.82, 2.24) is 10.2 Å². The van der Waals surface area contributed by atoms with E-state index in [2.05, 4.69) is 29.3 Å². The fraction of sp³-hybridized carbons (Fsp3) is 0.667. The summed E-state index contributed by atoms with van der Waals surface area (Å²) in [6, 6.07) is 7.67. The van der Waals surface area contributed by atoms with Gasteiger partial charge in [-0.1, -0.05) is 19.4 Å². The molecule has 1 aromatic carbocycles. The van der Waals surface area contributed by atoms with E-state index in [0.29, 0.717) is 12.1 Å². The van der Waals surface area contributed by atoms with Crippen molar-refractivity contribution in [1.29, 1.82) is 0 Å². The molecule has 1 aliphatic carbocycles. The van der Waals surface area contributed by atoms with Crippen molar-refractivity contribution in [3.63, 3.8) is 0 Å². The molecule has 1 unspecified atom stereocenters. The standard InChI is InChI=1S/C18H29N3/c1-2-3-10-21-11-8-16(9-12-21)20-18-7-4-14-13-15(19)5-6-17(14)18/h5-6,13,16,18,20H,2-4,7-12,19H2,1H3. The zero-order valence-corrected chi connectivity index (χ0v) is 13.3. The first kappa shape index (κ1) is 14.9. The lowest BCUT2D eigenvalue weighted by Crippen LogP contribution is -2.43. The highest BCUT2D eigenvalue weighted by Gasteiger charge is 2.26. The smallest absolute Gasteiger partial charge is 0.0328 e. The molecule has 1 heterocycles. The van der Waals surface area contributed by atoms with E-state index in [1.165, 1.54) is 69.3 Å². The summed E-state index contributed by atoms with van der Waals surface area (Å²) < 4.78 is 0. The van der Waals surface area contributed by atoms with E-state index in [1.54, 1.807) is 0 Å². The van der Waals surface area contributed by atoms with Crippen LogP contribution in [0.2, 0.25) is 0 Å². The molecule has 116 valence electrons. The second-order valence-electron chi connectivity index (χ2n) is 6.69. The molecule has 0 amide bonds. The van der Waals surface area contributed by atoms with Crippen molar-refractivity contribution in [3.05, 3.63) is 29.3 Å². The number of rotatable bonds is 5. The highest BCUT2D eigenvalue weighted by molar-refractivity contribution is 5.47. The minimum atomic E-state index is 0.549. The van der Waals surface area contributed by atoms with Crippen molar-refractivity contribution in [2.75, 3.05) is 25.4 Å². The number of aryl methyl sites for hydroxylation is 1. The number of fused-ring (bicyclic) bond motifs is 1. The molecule has 1 saturated heterocycles. The summed E-state index contributed by atoms with van der Waals surface area (Å²) in [5.41, 5.74) is 9.73. The van der Waals surface area contributed by atoms with Gasteiger partial charge in [-0.15, -0.1) is 0 Å². The van der Waals surface area contributed by atoms with Crippen LogP contribution in [0.25, 0.3) is 0 Å². The lowest BCUT2D eigenvalue weighted by Gasteiger charge is -2.34. The van der Waals surface area contributed by atoms with Crippen LogP contribution in [0.5, 0.6) is 0 Å². The molecule has 3 N–H and O–H groups in total. The van der Waals surface area contributed by atoms with Gasteiger partial charge in [0.05, 0.1) is 0 Å². The van der Waals surface area contributed by atoms with Crippen LogP contribution in [0.1, 0.15) is 56.2 Å². The number of nitrogens with one attached hydrogen (secondary N) is 1. The Morgan fingerprint density at radius 2 is 2.05 bits per heavy atom. The van der Waals surface area contributed by atoms with Crippen LogP contribution in [0.15, 0.2) is 18.2 Å². The molecule has 3 nitrogen and oxygen atoms in total. The Hall–Kier alpha value is -1.06. The minimum Gasteiger partial charge on any atom is -0.399 e. The Balaban J connectivity index is 1.51. The molecule has 2 aliphatic rings. The maximum absolute atomic E-state index is 5.89. The second-order valence-corrected chi connectivity index (χ2v) is 6.69. The molecule has 0 radical (unpaired) electrons. The van der Waals surface area contributed by atoms with Crippen LogP contribution in [-0.4, -0.2) is 30.6 Å². The van der Waals surface area contributed by atoms with Crippen LogP contribution < -0.4 is 11.1 Å². The molecular weight excluding hydrogens is 258 g/mol. The number of hydrogen-bond donors (Lipinski definition) is 2. The van der Waals surface area contributed by atoms with Crippen molar-refractivity contribution in [2.45, 2.75) is 57.5 Å². The normalized spacial score (nSPS) is 23.4. The van der Waals surface area contributed by atoms with Gasteiger partial charge >= 0.3 is 0 Å². The summed E-state index contributed by atoms with van der Waals surface area (Å²) in [6.45, 7) is 6.09. The third kappa shape index (κ3) is 3.58. The highest BCUT2D eigenvalue weighted by atomic mass is 15.1. The van der Waals surface area contributed by atoms with Gasteiger partial charge in [0, 0.05) is 17.8 Å². The summed E-state index contributed by atoms with van der Waals surface area (Å²) in [7, 11) is 0. The molecule has 1 aromatic rings. The third-order valence-electron chi connectivity index (χ3n) is 5.10. The fourth-order valence-electron chi connectivity index (χ4n) is 3.80. The Morgan fingerprint density at radius 1 is 1.24 bits per heavy atom. The van der Waals surface area contributed by atoms with Crippen molar-refractivity contribution < 1.29 is 0 Å². The number of nitrogens with two attached hydrogens (primary N) is 1.